The van der Waals surface area contributed by atoms with E-state index in [9.17, 15) is 0 Å². The van der Waals surface area contributed by atoms with Gasteiger partial charge in [0.15, 0.2) is 0 Å². The lowest BCUT2D eigenvalue weighted by Gasteiger charge is -2.22. The molecule has 2 atom stereocenters. The Bertz CT molecular complexity index is 109. The van der Waals surface area contributed by atoms with Gasteiger partial charge >= 0.3 is 9.28 Å². The quantitative estimate of drug-likeness (QED) is 0.536. The van der Waals surface area contributed by atoms with Crippen LogP contribution in [-0.4, -0.2) is 28.3 Å². The van der Waals surface area contributed by atoms with Gasteiger partial charge in [0.05, 0.1) is 0 Å². The van der Waals surface area contributed by atoms with Crippen LogP contribution in [-0.2, 0) is 8.85 Å². The Labute approximate surface area is 85.6 Å². The zero-order valence-corrected chi connectivity index (χ0v) is 11.1. The summed E-state index contributed by atoms with van der Waals surface area (Å²) >= 11 is 3.66. The Kier molecular flexibility index (Phi) is 7.43. The van der Waals surface area contributed by atoms with E-state index in [4.69, 9.17) is 8.85 Å². The Balaban J connectivity index is 3.87. The van der Waals surface area contributed by atoms with Crippen molar-refractivity contribution < 1.29 is 8.85 Å². The SMILES string of the molecule is CCCC(Br)C(C)[SiH](OC)OC. The summed E-state index contributed by atoms with van der Waals surface area (Å²) in [6.45, 7) is 4.39. The van der Waals surface area contributed by atoms with Gasteiger partial charge in [-0.15, -0.1) is 0 Å². The maximum atomic E-state index is 5.32. The van der Waals surface area contributed by atoms with Crippen LogP contribution in [0.2, 0.25) is 5.54 Å². The predicted molar refractivity (Wildman–Crippen MR) is 58.2 cm³/mol. The zero-order chi connectivity index (χ0) is 9.56. The molecule has 0 rings (SSSR count). The fraction of sp³-hybridized carbons (Fsp3) is 1.00. The van der Waals surface area contributed by atoms with Crippen LogP contribution < -0.4 is 0 Å². The number of hydrogen-bond donors (Lipinski definition) is 0. The van der Waals surface area contributed by atoms with E-state index in [1.807, 2.05) is 0 Å². The molecule has 2 unspecified atom stereocenters. The molecule has 0 spiro atoms. The first-order valence-electron chi connectivity index (χ1n) is 4.37. The summed E-state index contributed by atoms with van der Waals surface area (Å²) in [5, 5.41) is 0. The van der Waals surface area contributed by atoms with Crippen molar-refractivity contribution in [2.45, 2.75) is 37.1 Å². The van der Waals surface area contributed by atoms with Crippen molar-refractivity contribution >= 4 is 25.2 Å². The highest BCUT2D eigenvalue weighted by Crippen LogP contribution is 2.26. The highest BCUT2D eigenvalue weighted by molar-refractivity contribution is 9.09. The van der Waals surface area contributed by atoms with Gasteiger partial charge in [-0.25, -0.2) is 0 Å². The molecule has 0 aromatic carbocycles. The Morgan fingerprint density at radius 3 is 2.17 bits per heavy atom. The molecular weight excluding hydrogens is 236 g/mol. The summed E-state index contributed by atoms with van der Waals surface area (Å²) in [6.07, 6.45) is 2.40. The third kappa shape index (κ3) is 4.03. The van der Waals surface area contributed by atoms with Crippen molar-refractivity contribution in [3.63, 3.8) is 0 Å². The summed E-state index contributed by atoms with van der Waals surface area (Å²) < 4.78 is 10.6. The van der Waals surface area contributed by atoms with E-state index in [2.05, 4.69) is 29.8 Å². The van der Waals surface area contributed by atoms with Crippen LogP contribution in [0.15, 0.2) is 0 Å². The lowest BCUT2D eigenvalue weighted by atomic mass is 10.2. The molecule has 0 aliphatic rings. The van der Waals surface area contributed by atoms with Crippen molar-refractivity contribution in [1.29, 1.82) is 0 Å². The third-order valence-corrected chi connectivity index (χ3v) is 6.14. The number of alkyl halides is 1. The lowest BCUT2D eigenvalue weighted by Crippen LogP contribution is -2.29. The topological polar surface area (TPSA) is 18.5 Å². The second kappa shape index (κ2) is 7.06. The van der Waals surface area contributed by atoms with Crippen LogP contribution >= 0.6 is 15.9 Å². The molecule has 2 nitrogen and oxygen atoms in total. The predicted octanol–water partition coefficient (Wildman–Crippen LogP) is 2.45. The molecule has 0 amide bonds. The smallest absolute Gasteiger partial charge is 0.324 e. The van der Waals surface area contributed by atoms with E-state index < -0.39 is 9.28 Å². The molecule has 0 saturated carbocycles. The van der Waals surface area contributed by atoms with Crippen molar-refractivity contribution in [3.05, 3.63) is 0 Å². The molecular formula is C8H19BrO2Si. The van der Waals surface area contributed by atoms with Crippen molar-refractivity contribution in [2.24, 2.45) is 0 Å². The summed E-state index contributed by atoms with van der Waals surface area (Å²) in [6, 6.07) is 0. The number of hydrogen-bond acceptors (Lipinski definition) is 2. The molecule has 0 bridgehead atoms. The van der Waals surface area contributed by atoms with E-state index in [0.29, 0.717) is 10.4 Å². The van der Waals surface area contributed by atoms with Gasteiger partial charge in [0.1, 0.15) is 0 Å². The fourth-order valence-electron chi connectivity index (χ4n) is 1.23. The molecule has 0 saturated heterocycles. The van der Waals surface area contributed by atoms with Gasteiger partial charge in [-0.3, -0.25) is 0 Å². The van der Waals surface area contributed by atoms with Crippen LogP contribution in [0.3, 0.4) is 0 Å². The van der Waals surface area contributed by atoms with E-state index in [-0.39, 0.29) is 0 Å². The van der Waals surface area contributed by atoms with E-state index in [1.165, 1.54) is 12.8 Å². The van der Waals surface area contributed by atoms with Crippen molar-refractivity contribution in [3.8, 4) is 0 Å². The average Bonchev–Trinajstić information content (AvgIpc) is 2.07. The molecule has 0 heterocycles. The summed E-state index contributed by atoms with van der Waals surface area (Å²) in [5.74, 6) is 0. The average molecular weight is 255 g/mol. The molecule has 0 aromatic rings. The summed E-state index contributed by atoms with van der Waals surface area (Å²) in [4.78, 5) is 0.541. The van der Waals surface area contributed by atoms with Gasteiger partial charge in [-0.2, -0.15) is 0 Å². The molecule has 12 heavy (non-hydrogen) atoms. The molecule has 74 valence electrons. The van der Waals surface area contributed by atoms with Gasteiger partial charge < -0.3 is 8.85 Å². The summed E-state index contributed by atoms with van der Waals surface area (Å²) in [7, 11) is 2.05. The van der Waals surface area contributed by atoms with E-state index in [1.54, 1.807) is 14.2 Å². The van der Waals surface area contributed by atoms with Crippen LogP contribution in [0.5, 0.6) is 0 Å². The molecule has 0 radical (unpaired) electrons. The maximum absolute atomic E-state index is 5.32. The molecule has 0 fully saturated rings. The molecule has 0 N–H and O–H groups in total. The van der Waals surface area contributed by atoms with E-state index in [0.717, 1.165) is 0 Å². The molecule has 0 aliphatic heterocycles. The standard InChI is InChI=1S/C8H19BrO2Si/c1-5-6-8(9)7(2)12(10-3)11-4/h7-8,12H,5-6H2,1-4H3. The van der Waals surface area contributed by atoms with Gasteiger partial charge in [-0.05, 0) is 6.42 Å². The highest BCUT2D eigenvalue weighted by atomic mass is 79.9. The van der Waals surface area contributed by atoms with E-state index >= 15 is 0 Å². The van der Waals surface area contributed by atoms with Crippen LogP contribution in [0, 0.1) is 0 Å². The molecule has 4 heteroatoms. The number of rotatable bonds is 6. The zero-order valence-electron chi connectivity index (χ0n) is 8.34. The highest BCUT2D eigenvalue weighted by Gasteiger charge is 2.25. The third-order valence-electron chi connectivity index (χ3n) is 2.03. The van der Waals surface area contributed by atoms with Crippen molar-refractivity contribution in [1.82, 2.24) is 0 Å². The normalized spacial score (nSPS) is 16.5. The first kappa shape index (κ1) is 12.6. The monoisotopic (exact) mass is 254 g/mol. The first-order valence-corrected chi connectivity index (χ1v) is 6.89. The maximum Gasteiger partial charge on any atom is 0.324 e. The largest absolute Gasteiger partial charge is 0.400 e. The number of halogens is 1. The minimum Gasteiger partial charge on any atom is -0.400 e. The second-order valence-corrected chi connectivity index (χ2v) is 6.91. The summed E-state index contributed by atoms with van der Waals surface area (Å²) in [5.41, 5.74) is 0.528. The second-order valence-electron chi connectivity index (χ2n) is 3.00. The van der Waals surface area contributed by atoms with Gasteiger partial charge in [-0.1, -0.05) is 36.2 Å². The first-order chi connectivity index (χ1) is 5.67. The van der Waals surface area contributed by atoms with Gasteiger partial charge in [0, 0.05) is 24.6 Å². The van der Waals surface area contributed by atoms with Crippen LogP contribution in [0.1, 0.15) is 26.7 Å². The Morgan fingerprint density at radius 1 is 1.33 bits per heavy atom. The van der Waals surface area contributed by atoms with Gasteiger partial charge in [0.25, 0.3) is 0 Å². The molecule has 0 aromatic heterocycles. The minimum absolute atomic E-state index is 0.528. The lowest BCUT2D eigenvalue weighted by molar-refractivity contribution is 0.265. The van der Waals surface area contributed by atoms with Crippen LogP contribution in [0.4, 0.5) is 0 Å². The Hall–Kier alpha value is 0.617. The Morgan fingerprint density at radius 2 is 1.83 bits per heavy atom. The molecule has 0 aliphatic carbocycles. The fourth-order valence-corrected chi connectivity index (χ4v) is 4.02. The van der Waals surface area contributed by atoms with Gasteiger partial charge in [0.2, 0.25) is 0 Å². The van der Waals surface area contributed by atoms with Crippen LogP contribution in [0.25, 0.3) is 0 Å². The van der Waals surface area contributed by atoms with Crippen molar-refractivity contribution in [2.75, 3.05) is 14.2 Å². The minimum atomic E-state index is -1.42.